The van der Waals surface area contributed by atoms with Crippen LogP contribution in [0.25, 0.3) is 0 Å². The lowest BCUT2D eigenvalue weighted by molar-refractivity contribution is 0.0952. The number of rotatable bonds is 6. The van der Waals surface area contributed by atoms with Crippen molar-refractivity contribution in [1.82, 2.24) is 4.98 Å². The van der Waals surface area contributed by atoms with Crippen molar-refractivity contribution in [3.05, 3.63) is 106 Å². The Kier molecular flexibility index (Phi) is 6.32. The van der Waals surface area contributed by atoms with E-state index in [1.54, 1.807) is 48.7 Å². The number of halogens is 2. The third-order valence-corrected chi connectivity index (χ3v) is 6.75. The largest absolute Gasteiger partial charge is 0.439 e. The molecule has 0 N–H and O–H groups in total. The molecule has 0 bridgehead atoms. The molecule has 32 heavy (non-hydrogen) atoms. The van der Waals surface area contributed by atoms with Crippen LogP contribution in [0.1, 0.15) is 16.1 Å². The van der Waals surface area contributed by atoms with E-state index >= 15 is 0 Å². The van der Waals surface area contributed by atoms with Gasteiger partial charge in [-0.05, 0) is 66.2 Å². The standard InChI is InChI=1S/C23H16Cl2N2O4S/c24-17-6-4-16(5-7-17)15-27(21-3-1-2-14-26-21)23(28)20-12-13-22(31-20)32(29,30)19-10-8-18(25)9-11-19/h1-14H,15H2. The van der Waals surface area contributed by atoms with Crippen molar-refractivity contribution in [2.45, 2.75) is 16.5 Å². The molecule has 0 fully saturated rings. The maximum Gasteiger partial charge on any atom is 0.295 e. The third-order valence-electron chi connectivity index (χ3n) is 4.61. The monoisotopic (exact) mass is 486 g/mol. The van der Waals surface area contributed by atoms with E-state index in [-0.39, 0.29) is 22.3 Å². The first-order valence-electron chi connectivity index (χ1n) is 9.42. The topological polar surface area (TPSA) is 80.5 Å². The molecule has 0 saturated carbocycles. The van der Waals surface area contributed by atoms with Crippen molar-refractivity contribution >= 4 is 44.8 Å². The van der Waals surface area contributed by atoms with Gasteiger partial charge in [-0.3, -0.25) is 9.69 Å². The number of nitrogens with zero attached hydrogens (tertiary/aromatic N) is 2. The molecule has 4 rings (SSSR count). The lowest BCUT2D eigenvalue weighted by Crippen LogP contribution is -2.30. The summed E-state index contributed by atoms with van der Waals surface area (Å²) >= 11 is 11.8. The fourth-order valence-corrected chi connectivity index (χ4v) is 4.41. The number of benzene rings is 2. The molecule has 4 aromatic rings. The fourth-order valence-electron chi connectivity index (χ4n) is 2.99. The Hall–Kier alpha value is -3.13. The number of amides is 1. The van der Waals surface area contributed by atoms with E-state index in [0.717, 1.165) is 5.56 Å². The first kappa shape index (κ1) is 22.1. The zero-order chi connectivity index (χ0) is 22.7. The highest BCUT2D eigenvalue weighted by molar-refractivity contribution is 7.91. The van der Waals surface area contributed by atoms with Crippen molar-refractivity contribution in [3.63, 3.8) is 0 Å². The van der Waals surface area contributed by atoms with Crippen LogP contribution in [0.2, 0.25) is 10.0 Å². The molecule has 0 unspecified atom stereocenters. The maximum atomic E-state index is 13.3. The number of furan rings is 1. The summed E-state index contributed by atoms with van der Waals surface area (Å²) in [6.07, 6.45) is 1.57. The summed E-state index contributed by atoms with van der Waals surface area (Å²) in [6, 6.07) is 20.5. The van der Waals surface area contributed by atoms with Gasteiger partial charge in [0.1, 0.15) is 5.82 Å². The Morgan fingerprint density at radius 1 is 0.875 bits per heavy atom. The normalized spacial score (nSPS) is 11.3. The molecule has 0 radical (unpaired) electrons. The van der Waals surface area contributed by atoms with Crippen molar-refractivity contribution in [2.75, 3.05) is 4.90 Å². The zero-order valence-corrected chi connectivity index (χ0v) is 18.8. The van der Waals surface area contributed by atoms with Gasteiger partial charge in [0.2, 0.25) is 14.9 Å². The number of carbonyl (C=O) groups excluding carboxylic acids is 1. The van der Waals surface area contributed by atoms with Gasteiger partial charge in [0.05, 0.1) is 11.4 Å². The van der Waals surface area contributed by atoms with Gasteiger partial charge in [0.15, 0.2) is 5.76 Å². The number of anilines is 1. The molecular formula is C23H16Cl2N2O4S. The maximum absolute atomic E-state index is 13.3. The van der Waals surface area contributed by atoms with Crippen molar-refractivity contribution in [1.29, 1.82) is 0 Å². The van der Waals surface area contributed by atoms with E-state index in [1.165, 1.54) is 41.3 Å². The average molecular weight is 487 g/mol. The Morgan fingerprint density at radius 2 is 1.53 bits per heavy atom. The van der Waals surface area contributed by atoms with E-state index < -0.39 is 15.7 Å². The highest BCUT2D eigenvalue weighted by Crippen LogP contribution is 2.26. The van der Waals surface area contributed by atoms with Crippen LogP contribution in [0, 0.1) is 0 Å². The predicted octanol–water partition coefficient (Wildman–Crippen LogP) is 5.66. The molecule has 0 aliphatic heterocycles. The number of hydrogen-bond donors (Lipinski definition) is 0. The molecule has 2 heterocycles. The summed E-state index contributed by atoms with van der Waals surface area (Å²) in [7, 11) is -3.95. The summed E-state index contributed by atoms with van der Waals surface area (Å²) < 4.78 is 31.2. The number of sulfone groups is 1. The van der Waals surface area contributed by atoms with Gasteiger partial charge in [-0.2, -0.15) is 0 Å². The SMILES string of the molecule is O=C(c1ccc(S(=O)(=O)c2ccc(Cl)cc2)o1)N(Cc1ccc(Cl)cc1)c1ccccn1. The first-order chi connectivity index (χ1) is 15.3. The van der Waals surface area contributed by atoms with E-state index in [0.29, 0.717) is 15.9 Å². The molecule has 0 aliphatic rings. The van der Waals surface area contributed by atoms with Crippen LogP contribution in [-0.2, 0) is 16.4 Å². The second kappa shape index (κ2) is 9.16. The van der Waals surface area contributed by atoms with Crippen LogP contribution in [-0.4, -0.2) is 19.3 Å². The van der Waals surface area contributed by atoms with Crippen LogP contribution >= 0.6 is 23.2 Å². The van der Waals surface area contributed by atoms with E-state index in [9.17, 15) is 13.2 Å². The van der Waals surface area contributed by atoms with E-state index in [4.69, 9.17) is 27.6 Å². The average Bonchev–Trinajstić information content (AvgIpc) is 3.30. The fraction of sp³-hybridized carbons (Fsp3) is 0.0435. The minimum Gasteiger partial charge on any atom is -0.439 e. The molecule has 0 aliphatic carbocycles. The van der Waals surface area contributed by atoms with Gasteiger partial charge in [-0.25, -0.2) is 13.4 Å². The Morgan fingerprint density at radius 3 is 2.16 bits per heavy atom. The van der Waals surface area contributed by atoms with E-state index in [2.05, 4.69) is 4.98 Å². The lowest BCUT2D eigenvalue weighted by Gasteiger charge is -2.20. The lowest BCUT2D eigenvalue weighted by atomic mass is 10.2. The van der Waals surface area contributed by atoms with Gasteiger partial charge in [-0.1, -0.05) is 41.4 Å². The minimum absolute atomic E-state index is 0.0120. The highest BCUT2D eigenvalue weighted by atomic mass is 35.5. The molecule has 9 heteroatoms. The third kappa shape index (κ3) is 4.70. The van der Waals surface area contributed by atoms with Gasteiger partial charge < -0.3 is 4.42 Å². The van der Waals surface area contributed by atoms with Crippen LogP contribution < -0.4 is 4.90 Å². The molecule has 1 amide bonds. The van der Waals surface area contributed by atoms with Crippen LogP contribution in [0.4, 0.5) is 5.82 Å². The minimum atomic E-state index is -3.95. The molecule has 162 valence electrons. The number of pyridine rings is 1. The quantitative estimate of drug-likeness (QED) is 0.351. The van der Waals surface area contributed by atoms with E-state index in [1.807, 2.05) is 0 Å². The summed E-state index contributed by atoms with van der Waals surface area (Å²) in [5, 5.41) is 0.649. The highest BCUT2D eigenvalue weighted by Gasteiger charge is 2.27. The Bertz CT molecular complexity index is 1340. The molecule has 0 spiro atoms. The van der Waals surface area contributed by atoms with Crippen molar-refractivity contribution < 1.29 is 17.6 Å². The number of aromatic nitrogens is 1. The van der Waals surface area contributed by atoms with Gasteiger partial charge in [0, 0.05) is 16.2 Å². The Labute approximate surface area is 194 Å². The van der Waals surface area contributed by atoms with Gasteiger partial charge in [0.25, 0.3) is 5.91 Å². The van der Waals surface area contributed by atoms with Crippen LogP contribution in [0.15, 0.2) is 99.5 Å². The first-order valence-corrected chi connectivity index (χ1v) is 11.7. The summed E-state index contributed by atoms with van der Waals surface area (Å²) in [4.78, 5) is 19.0. The predicted molar refractivity (Wildman–Crippen MR) is 122 cm³/mol. The van der Waals surface area contributed by atoms with Crippen LogP contribution in [0.3, 0.4) is 0 Å². The zero-order valence-electron chi connectivity index (χ0n) is 16.5. The summed E-state index contributed by atoms with van der Waals surface area (Å²) in [5.74, 6) is -0.265. The number of carbonyl (C=O) groups is 1. The molecule has 2 aromatic heterocycles. The molecule has 0 atom stereocenters. The Balaban J connectivity index is 1.66. The molecule has 0 saturated heterocycles. The van der Waals surface area contributed by atoms with Gasteiger partial charge >= 0.3 is 0 Å². The summed E-state index contributed by atoms with van der Waals surface area (Å²) in [5.41, 5.74) is 0.814. The second-order valence-electron chi connectivity index (χ2n) is 6.78. The van der Waals surface area contributed by atoms with Crippen molar-refractivity contribution in [2.24, 2.45) is 0 Å². The summed E-state index contributed by atoms with van der Waals surface area (Å²) in [6.45, 7) is 0.187. The van der Waals surface area contributed by atoms with Crippen molar-refractivity contribution in [3.8, 4) is 0 Å². The second-order valence-corrected chi connectivity index (χ2v) is 9.54. The smallest absolute Gasteiger partial charge is 0.295 e. The van der Waals surface area contributed by atoms with Gasteiger partial charge in [-0.15, -0.1) is 0 Å². The molecular weight excluding hydrogens is 471 g/mol. The molecule has 2 aromatic carbocycles. The van der Waals surface area contributed by atoms with Crippen LogP contribution in [0.5, 0.6) is 0 Å². The number of hydrogen-bond acceptors (Lipinski definition) is 5. The molecule has 6 nitrogen and oxygen atoms in total.